The standard InChI is InChI=1S/C14H16N2O3/c1-8-4-5-11(19-3)10(6-8)14-9(2)15-12(16-14)7-13(17)18/h4-6H,7H2,1-3H3,(H,15,16)(H,17,18). The molecule has 0 amide bonds. The number of rotatable bonds is 4. The van der Waals surface area contributed by atoms with Gasteiger partial charge < -0.3 is 14.8 Å². The largest absolute Gasteiger partial charge is 0.496 e. The van der Waals surface area contributed by atoms with Crippen molar-refractivity contribution in [1.29, 1.82) is 0 Å². The van der Waals surface area contributed by atoms with Gasteiger partial charge in [0.2, 0.25) is 0 Å². The Hall–Kier alpha value is -2.30. The van der Waals surface area contributed by atoms with Gasteiger partial charge in [0.1, 0.15) is 18.0 Å². The van der Waals surface area contributed by atoms with Crippen LogP contribution < -0.4 is 4.74 Å². The molecule has 2 rings (SSSR count). The number of benzene rings is 1. The zero-order valence-electron chi connectivity index (χ0n) is 11.2. The average molecular weight is 260 g/mol. The molecule has 0 aliphatic heterocycles. The number of hydrogen-bond donors (Lipinski definition) is 2. The maximum Gasteiger partial charge on any atom is 0.311 e. The van der Waals surface area contributed by atoms with Gasteiger partial charge in [0.15, 0.2) is 0 Å². The summed E-state index contributed by atoms with van der Waals surface area (Å²) in [6.07, 6.45) is -0.116. The van der Waals surface area contributed by atoms with Crippen LogP contribution in [0.3, 0.4) is 0 Å². The van der Waals surface area contributed by atoms with Crippen LogP contribution in [-0.2, 0) is 11.2 Å². The number of nitrogens with one attached hydrogen (secondary N) is 1. The number of nitrogens with zero attached hydrogens (tertiary/aromatic N) is 1. The van der Waals surface area contributed by atoms with E-state index in [0.717, 1.165) is 28.3 Å². The summed E-state index contributed by atoms with van der Waals surface area (Å²) in [4.78, 5) is 18.1. The number of carboxylic acids is 1. The summed E-state index contributed by atoms with van der Waals surface area (Å²) in [5.41, 5.74) is 3.53. The van der Waals surface area contributed by atoms with Crippen molar-refractivity contribution < 1.29 is 14.6 Å². The lowest BCUT2D eigenvalue weighted by Gasteiger charge is -2.08. The minimum atomic E-state index is -0.906. The Balaban J connectivity index is 2.49. The lowest BCUT2D eigenvalue weighted by Crippen LogP contribution is -2.01. The number of aliphatic carboxylic acids is 1. The zero-order valence-corrected chi connectivity index (χ0v) is 11.2. The number of carboxylic acid groups (broad SMARTS) is 1. The van der Waals surface area contributed by atoms with E-state index in [1.165, 1.54) is 0 Å². The first-order chi connectivity index (χ1) is 9.01. The molecule has 0 aliphatic carbocycles. The molecule has 1 aromatic carbocycles. The smallest absolute Gasteiger partial charge is 0.311 e. The van der Waals surface area contributed by atoms with Gasteiger partial charge in [-0.15, -0.1) is 0 Å². The molecule has 19 heavy (non-hydrogen) atoms. The van der Waals surface area contributed by atoms with Gasteiger partial charge in [-0.25, -0.2) is 4.98 Å². The number of aryl methyl sites for hydroxylation is 2. The van der Waals surface area contributed by atoms with Gasteiger partial charge in [0.05, 0.1) is 12.8 Å². The third kappa shape index (κ3) is 2.76. The Morgan fingerprint density at radius 2 is 2.16 bits per heavy atom. The van der Waals surface area contributed by atoms with E-state index in [1.807, 2.05) is 32.0 Å². The first-order valence-corrected chi connectivity index (χ1v) is 5.93. The highest BCUT2D eigenvalue weighted by Crippen LogP contribution is 2.31. The van der Waals surface area contributed by atoms with E-state index in [9.17, 15) is 4.79 Å². The number of hydrogen-bond acceptors (Lipinski definition) is 3. The van der Waals surface area contributed by atoms with Crippen LogP contribution in [0.5, 0.6) is 5.75 Å². The summed E-state index contributed by atoms with van der Waals surface area (Å²) < 4.78 is 5.33. The van der Waals surface area contributed by atoms with E-state index in [2.05, 4.69) is 9.97 Å². The van der Waals surface area contributed by atoms with Crippen LogP contribution in [0.2, 0.25) is 0 Å². The molecule has 0 fully saturated rings. The molecule has 0 spiro atoms. The maximum absolute atomic E-state index is 10.7. The molecule has 5 heteroatoms. The molecule has 1 aromatic heterocycles. The van der Waals surface area contributed by atoms with Crippen molar-refractivity contribution in [3.63, 3.8) is 0 Å². The fourth-order valence-electron chi connectivity index (χ4n) is 2.02. The molecule has 0 unspecified atom stereocenters. The number of carbonyl (C=O) groups is 1. The number of methoxy groups -OCH3 is 1. The molecule has 1 heterocycles. The molecular formula is C14H16N2O3. The minimum absolute atomic E-state index is 0.116. The molecule has 0 saturated heterocycles. The first kappa shape index (κ1) is 13.1. The second-order valence-electron chi connectivity index (χ2n) is 4.43. The fourth-order valence-corrected chi connectivity index (χ4v) is 2.02. The predicted molar refractivity (Wildman–Crippen MR) is 71.4 cm³/mol. The number of aromatic amines is 1. The van der Waals surface area contributed by atoms with Crippen molar-refractivity contribution in [2.45, 2.75) is 20.3 Å². The van der Waals surface area contributed by atoms with E-state index < -0.39 is 5.97 Å². The summed E-state index contributed by atoms with van der Waals surface area (Å²) in [7, 11) is 1.61. The molecule has 0 saturated carbocycles. The van der Waals surface area contributed by atoms with Crippen molar-refractivity contribution in [1.82, 2.24) is 9.97 Å². The quantitative estimate of drug-likeness (QED) is 0.884. The number of aromatic nitrogens is 2. The van der Waals surface area contributed by atoms with E-state index in [0.29, 0.717) is 5.82 Å². The highest BCUT2D eigenvalue weighted by Gasteiger charge is 2.15. The van der Waals surface area contributed by atoms with Crippen LogP contribution in [0.4, 0.5) is 0 Å². The highest BCUT2D eigenvalue weighted by molar-refractivity contribution is 5.72. The molecule has 5 nitrogen and oxygen atoms in total. The third-order valence-electron chi connectivity index (χ3n) is 2.86. The first-order valence-electron chi connectivity index (χ1n) is 5.93. The van der Waals surface area contributed by atoms with Crippen LogP contribution in [0, 0.1) is 13.8 Å². The predicted octanol–water partition coefficient (Wildman–Crippen LogP) is 2.33. The normalized spacial score (nSPS) is 10.5. The Labute approximate surface area is 111 Å². The Morgan fingerprint density at radius 3 is 2.79 bits per heavy atom. The zero-order chi connectivity index (χ0) is 14.0. The molecular weight excluding hydrogens is 244 g/mol. The SMILES string of the molecule is COc1ccc(C)cc1-c1nc(CC(=O)O)[nH]c1C. The van der Waals surface area contributed by atoms with Crippen LogP contribution >= 0.6 is 0 Å². The summed E-state index contributed by atoms with van der Waals surface area (Å²) in [5.74, 6) is 0.266. The molecule has 0 bridgehead atoms. The number of ether oxygens (including phenoxy) is 1. The lowest BCUT2D eigenvalue weighted by molar-refractivity contribution is -0.136. The summed E-state index contributed by atoms with van der Waals surface area (Å²) in [6.45, 7) is 3.86. The van der Waals surface area contributed by atoms with Crippen LogP contribution in [0.1, 0.15) is 17.1 Å². The maximum atomic E-state index is 10.7. The van der Waals surface area contributed by atoms with E-state index in [-0.39, 0.29) is 6.42 Å². The average Bonchev–Trinajstić information content (AvgIpc) is 2.69. The van der Waals surface area contributed by atoms with Gasteiger partial charge in [0, 0.05) is 11.3 Å². The Morgan fingerprint density at radius 1 is 1.42 bits per heavy atom. The van der Waals surface area contributed by atoms with Gasteiger partial charge >= 0.3 is 5.97 Å². The summed E-state index contributed by atoms with van der Waals surface area (Å²) >= 11 is 0. The van der Waals surface area contributed by atoms with Gasteiger partial charge in [-0.3, -0.25) is 4.79 Å². The van der Waals surface area contributed by atoms with Gasteiger partial charge in [-0.2, -0.15) is 0 Å². The van der Waals surface area contributed by atoms with Crippen molar-refractivity contribution >= 4 is 5.97 Å². The van der Waals surface area contributed by atoms with E-state index >= 15 is 0 Å². The second kappa shape index (κ2) is 5.14. The molecule has 100 valence electrons. The summed E-state index contributed by atoms with van der Waals surface area (Å²) in [6, 6.07) is 5.82. The second-order valence-corrected chi connectivity index (χ2v) is 4.43. The van der Waals surface area contributed by atoms with Gasteiger partial charge in [-0.1, -0.05) is 11.6 Å². The molecule has 2 aromatic rings. The van der Waals surface area contributed by atoms with Crippen LogP contribution in [-0.4, -0.2) is 28.2 Å². The Bertz CT molecular complexity index is 617. The number of imidazole rings is 1. The van der Waals surface area contributed by atoms with Crippen molar-refractivity contribution in [2.75, 3.05) is 7.11 Å². The van der Waals surface area contributed by atoms with E-state index in [4.69, 9.17) is 9.84 Å². The van der Waals surface area contributed by atoms with Crippen LogP contribution in [0.15, 0.2) is 18.2 Å². The van der Waals surface area contributed by atoms with Crippen LogP contribution in [0.25, 0.3) is 11.3 Å². The minimum Gasteiger partial charge on any atom is -0.496 e. The lowest BCUT2D eigenvalue weighted by atomic mass is 10.1. The Kier molecular flexibility index (Phi) is 3.55. The molecule has 0 aliphatic rings. The summed E-state index contributed by atoms with van der Waals surface area (Å²) in [5, 5.41) is 8.80. The van der Waals surface area contributed by atoms with Gasteiger partial charge in [0.25, 0.3) is 0 Å². The molecule has 2 N–H and O–H groups in total. The number of H-pyrrole nitrogens is 1. The molecule has 0 radical (unpaired) electrons. The van der Waals surface area contributed by atoms with Gasteiger partial charge in [-0.05, 0) is 26.0 Å². The van der Waals surface area contributed by atoms with Crippen molar-refractivity contribution in [2.24, 2.45) is 0 Å². The molecule has 0 atom stereocenters. The topological polar surface area (TPSA) is 75.2 Å². The third-order valence-corrected chi connectivity index (χ3v) is 2.86. The highest BCUT2D eigenvalue weighted by atomic mass is 16.5. The van der Waals surface area contributed by atoms with Crippen molar-refractivity contribution in [3.05, 3.63) is 35.3 Å². The van der Waals surface area contributed by atoms with Crippen molar-refractivity contribution in [3.8, 4) is 17.0 Å². The van der Waals surface area contributed by atoms with E-state index in [1.54, 1.807) is 7.11 Å². The monoisotopic (exact) mass is 260 g/mol. The fraction of sp³-hybridized carbons (Fsp3) is 0.286.